The number of hydrogen-bond acceptors (Lipinski definition) is 5. The van der Waals surface area contributed by atoms with Gasteiger partial charge in [-0.3, -0.25) is 4.79 Å². The summed E-state index contributed by atoms with van der Waals surface area (Å²) in [6, 6.07) is 27.6. The molecule has 1 amide bonds. The van der Waals surface area contributed by atoms with Crippen LogP contribution in [0.5, 0.6) is 5.75 Å². The molecule has 4 aromatic rings. The highest BCUT2D eigenvalue weighted by Crippen LogP contribution is 2.28. The maximum absolute atomic E-state index is 13.1. The van der Waals surface area contributed by atoms with Crippen LogP contribution in [0, 0.1) is 0 Å². The summed E-state index contributed by atoms with van der Waals surface area (Å²) in [7, 11) is 3.38. The molecule has 0 saturated carbocycles. The maximum atomic E-state index is 13.1. The zero-order valence-electron chi connectivity index (χ0n) is 18.1. The normalized spacial score (nSPS) is 10.8. The van der Waals surface area contributed by atoms with E-state index >= 15 is 0 Å². The number of hydrogen-bond donors (Lipinski definition) is 0. The number of nitrogens with zero attached hydrogens (tertiary/aromatic N) is 3. The van der Waals surface area contributed by atoms with Crippen LogP contribution in [0.25, 0.3) is 11.4 Å². The highest BCUT2D eigenvalue weighted by Gasteiger charge is 2.22. The van der Waals surface area contributed by atoms with Gasteiger partial charge in [0.15, 0.2) is 0 Å². The molecule has 0 atom stereocenters. The zero-order chi connectivity index (χ0) is 22.3. The lowest BCUT2D eigenvalue weighted by molar-refractivity contribution is -0.131. The van der Waals surface area contributed by atoms with Crippen molar-refractivity contribution in [1.82, 2.24) is 15.0 Å². The first-order chi connectivity index (χ1) is 15.6. The molecule has 4 rings (SSSR count). The fraction of sp³-hybridized carbons (Fsp3) is 0.192. The smallest absolute Gasteiger partial charge is 0.246 e. The molecule has 6 heteroatoms. The average molecular weight is 428 g/mol. The van der Waals surface area contributed by atoms with Crippen LogP contribution in [0.4, 0.5) is 0 Å². The highest BCUT2D eigenvalue weighted by atomic mass is 16.5. The second kappa shape index (κ2) is 9.92. The molecule has 1 aromatic heterocycles. The quantitative estimate of drug-likeness (QED) is 0.399. The third-order valence-corrected chi connectivity index (χ3v) is 5.40. The van der Waals surface area contributed by atoms with Gasteiger partial charge in [0.1, 0.15) is 5.75 Å². The Morgan fingerprint density at radius 2 is 1.53 bits per heavy atom. The van der Waals surface area contributed by atoms with Crippen molar-refractivity contribution in [2.45, 2.75) is 18.9 Å². The molecule has 0 saturated heterocycles. The van der Waals surface area contributed by atoms with E-state index in [4.69, 9.17) is 9.26 Å². The van der Waals surface area contributed by atoms with Crippen molar-refractivity contribution in [1.29, 1.82) is 0 Å². The van der Waals surface area contributed by atoms with E-state index < -0.39 is 0 Å². The summed E-state index contributed by atoms with van der Waals surface area (Å²) < 4.78 is 10.6. The number of ether oxygens (including phenoxy) is 1. The van der Waals surface area contributed by atoms with E-state index in [1.54, 1.807) is 19.1 Å². The van der Waals surface area contributed by atoms with E-state index in [1.807, 2.05) is 60.7 Å². The summed E-state index contributed by atoms with van der Waals surface area (Å²) in [4.78, 5) is 19.1. The van der Waals surface area contributed by atoms with Gasteiger partial charge in [-0.25, -0.2) is 0 Å². The zero-order valence-corrected chi connectivity index (χ0v) is 18.1. The van der Waals surface area contributed by atoms with Gasteiger partial charge in [0, 0.05) is 24.9 Å². The Kier molecular flexibility index (Phi) is 6.60. The van der Waals surface area contributed by atoms with Crippen LogP contribution in [-0.2, 0) is 11.3 Å². The van der Waals surface area contributed by atoms with Crippen molar-refractivity contribution in [3.05, 3.63) is 102 Å². The number of carbonyl (C=O) groups is 1. The highest BCUT2D eigenvalue weighted by molar-refractivity contribution is 5.77. The first kappa shape index (κ1) is 21.3. The van der Waals surface area contributed by atoms with Gasteiger partial charge in [0.05, 0.1) is 13.7 Å². The van der Waals surface area contributed by atoms with E-state index in [-0.39, 0.29) is 18.4 Å². The molecule has 0 N–H and O–H groups in total. The van der Waals surface area contributed by atoms with Gasteiger partial charge in [0.25, 0.3) is 0 Å². The molecule has 3 aromatic carbocycles. The molecular weight excluding hydrogens is 402 g/mol. The molecule has 0 fully saturated rings. The first-order valence-corrected chi connectivity index (χ1v) is 10.4. The molecule has 0 aliphatic rings. The third kappa shape index (κ3) is 5.03. The van der Waals surface area contributed by atoms with E-state index in [2.05, 4.69) is 34.4 Å². The maximum Gasteiger partial charge on any atom is 0.246 e. The molecule has 0 radical (unpaired) electrons. The van der Waals surface area contributed by atoms with Crippen molar-refractivity contribution in [2.75, 3.05) is 14.2 Å². The van der Waals surface area contributed by atoms with Crippen molar-refractivity contribution < 1.29 is 14.1 Å². The monoisotopic (exact) mass is 427 g/mol. The molecule has 0 aliphatic heterocycles. The lowest BCUT2D eigenvalue weighted by atomic mass is 9.88. The third-order valence-electron chi connectivity index (χ3n) is 5.40. The Labute approximate surface area is 187 Å². The molecule has 0 spiro atoms. The second-order valence-electron chi connectivity index (χ2n) is 7.57. The predicted molar refractivity (Wildman–Crippen MR) is 122 cm³/mol. The SMILES string of the molecule is COc1ccc(-c2noc(CN(C)C(=O)CC(c3ccccc3)c3ccccc3)n2)cc1. The second-order valence-corrected chi connectivity index (χ2v) is 7.57. The summed E-state index contributed by atoms with van der Waals surface area (Å²) in [5.74, 6) is 1.61. The van der Waals surface area contributed by atoms with Gasteiger partial charge in [-0.2, -0.15) is 4.98 Å². The Bertz CT molecular complexity index is 1100. The lowest BCUT2D eigenvalue weighted by Gasteiger charge is -2.21. The minimum absolute atomic E-state index is 0.00639. The van der Waals surface area contributed by atoms with Gasteiger partial charge in [0.2, 0.25) is 17.6 Å². The van der Waals surface area contributed by atoms with Gasteiger partial charge in [-0.1, -0.05) is 65.8 Å². The Hall–Kier alpha value is -3.93. The topological polar surface area (TPSA) is 68.5 Å². The van der Waals surface area contributed by atoms with Crippen molar-refractivity contribution in [3.63, 3.8) is 0 Å². The molecular formula is C26H25N3O3. The Morgan fingerprint density at radius 3 is 2.09 bits per heavy atom. The van der Waals surface area contributed by atoms with Gasteiger partial charge < -0.3 is 14.2 Å². The molecule has 6 nitrogen and oxygen atoms in total. The Balaban J connectivity index is 1.45. The standard InChI is InChI=1S/C26H25N3O3/c1-29(18-24-27-26(28-32-24)21-13-15-22(31-2)16-14-21)25(30)17-23(19-9-5-3-6-10-19)20-11-7-4-8-12-20/h3-16,23H,17-18H2,1-2H3. The molecule has 0 unspecified atom stereocenters. The summed E-state index contributed by atoms with van der Waals surface area (Å²) in [5.41, 5.74) is 3.04. The minimum Gasteiger partial charge on any atom is -0.497 e. The largest absolute Gasteiger partial charge is 0.497 e. The van der Waals surface area contributed by atoms with Crippen LogP contribution >= 0.6 is 0 Å². The van der Waals surface area contributed by atoms with E-state index in [9.17, 15) is 4.79 Å². The molecule has 1 heterocycles. The fourth-order valence-electron chi connectivity index (χ4n) is 3.60. The molecule has 162 valence electrons. The summed E-state index contributed by atoms with van der Waals surface area (Å²) in [6.45, 7) is 0.248. The van der Waals surface area contributed by atoms with Crippen molar-refractivity contribution >= 4 is 5.91 Å². The van der Waals surface area contributed by atoms with E-state index in [0.29, 0.717) is 18.1 Å². The van der Waals surface area contributed by atoms with Gasteiger partial charge in [-0.05, 0) is 35.4 Å². The van der Waals surface area contributed by atoms with Crippen molar-refractivity contribution in [3.8, 4) is 17.1 Å². The van der Waals surface area contributed by atoms with Crippen LogP contribution in [-0.4, -0.2) is 35.1 Å². The fourth-order valence-corrected chi connectivity index (χ4v) is 3.60. The van der Waals surface area contributed by atoms with Crippen molar-refractivity contribution in [2.24, 2.45) is 0 Å². The number of amides is 1. The molecule has 0 bridgehead atoms. The number of aromatic nitrogens is 2. The minimum atomic E-state index is -0.0232. The van der Waals surface area contributed by atoms with Gasteiger partial charge >= 0.3 is 0 Å². The molecule has 32 heavy (non-hydrogen) atoms. The van der Waals surface area contributed by atoms with Crippen LogP contribution in [0.2, 0.25) is 0 Å². The molecule has 0 aliphatic carbocycles. The summed E-state index contributed by atoms with van der Waals surface area (Å²) >= 11 is 0. The number of carbonyl (C=O) groups excluding carboxylic acids is 1. The number of benzene rings is 3. The van der Waals surface area contributed by atoms with E-state index in [1.165, 1.54) is 0 Å². The van der Waals surface area contributed by atoms with Crippen LogP contribution in [0.15, 0.2) is 89.5 Å². The average Bonchev–Trinajstić information content (AvgIpc) is 3.32. The first-order valence-electron chi connectivity index (χ1n) is 10.4. The summed E-state index contributed by atoms with van der Waals surface area (Å²) in [5, 5.41) is 4.05. The van der Waals surface area contributed by atoms with E-state index in [0.717, 1.165) is 22.4 Å². The van der Waals surface area contributed by atoms with Crippen LogP contribution in [0.1, 0.15) is 29.4 Å². The van der Waals surface area contributed by atoms with Crippen LogP contribution in [0.3, 0.4) is 0 Å². The number of methoxy groups -OCH3 is 1. The number of rotatable bonds is 8. The lowest BCUT2D eigenvalue weighted by Crippen LogP contribution is -2.28. The van der Waals surface area contributed by atoms with Gasteiger partial charge in [-0.15, -0.1) is 0 Å². The predicted octanol–water partition coefficient (Wildman–Crippen LogP) is 4.93. The Morgan fingerprint density at radius 1 is 0.938 bits per heavy atom. The van der Waals surface area contributed by atoms with Crippen LogP contribution < -0.4 is 4.74 Å². The summed E-state index contributed by atoms with van der Waals surface area (Å²) in [6.07, 6.45) is 0.351.